The van der Waals surface area contributed by atoms with Crippen LogP contribution in [-0.2, 0) is 0 Å². The van der Waals surface area contributed by atoms with Crippen LogP contribution in [0.3, 0.4) is 0 Å². The maximum atomic E-state index is 5.41. The lowest BCUT2D eigenvalue weighted by molar-refractivity contribution is 0.354. The predicted octanol–water partition coefficient (Wildman–Crippen LogP) is 3.58. The molecule has 4 rings (SSSR count). The largest absolute Gasteiger partial charge is 0.497 e. The first-order valence-corrected chi connectivity index (χ1v) is 8.55. The number of hydrazone groups is 1. The van der Waals surface area contributed by atoms with Crippen LogP contribution in [-0.4, -0.2) is 42.5 Å². The van der Waals surface area contributed by atoms with Gasteiger partial charge < -0.3 is 19.2 Å². The minimum Gasteiger partial charge on any atom is -0.497 e. The summed E-state index contributed by atoms with van der Waals surface area (Å²) in [6, 6.07) is 11.4. The first kappa shape index (κ1) is 17.6. The van der Waals surface area contributed by atoms with E-state index in [4.69, 9.17) is 14.2 Å². The average molecular weight is 377 g/mol. The van der Waals surface area contributed by atoms with E-state index in [0.29, 0.717) is 17.3 Å². The number of fused-ring (bicyclic) bond motifs is 3. The number of aromatic amines is 1. The summed E-state index contributed by atoms with van der Waals surface area (Å²) in [6.07, 6.45) is 3.15. The third-order valence-corrected chi connectivity index (χ3v) is 4.40. The molecule has 0 aliphatic carbocycles. The highest BCUT2D eigenvalue weighted by atomic mass is 16.5. The van der Waals surface area contributed by atoms with Crippen molar-refractivity contribution in [3.63, 3.8) is 0 Å². The van der Waals surface area contributed by atoms with Crippen LogP contribution in [0.2, 0.25) is 0 Å². The van der Waals surface area contributed by atoms with Gasteiger partial charge in [0.25, 0.3) is 0 Å². The molecule has 0 aliphatic rings. The zero-order chi connectivity index (χ0) is 19.5. The number of nitrogens with zero attached hydrogens (tertiary/aromatic N) is 3. The lowest BCUT2D eigenvalue weighted by Gasteiger charge is -2.09. The van der Waals surface area contributed by atoms with E-state index in [1.54, 1.807) is 27.5 Å². The Morgan fingerprint density at radius 3 is 2.71 bits per heavy atom. The Kier molecular flexibility index (Phi) is 4.67. The Bertz CT molecular complexity index is 1170. The summed E-state index contributed by atoms with van der Waals surface area (Å²) in [5.41, 5.74) is 6.25. The van der Waals surface area contributed by atoms with Gasteiger partial charge >= 0.3 is 0 Å². The zero-order valence-corrected chi connectivity index (χ0v) is 15.7. The number of benzene rings is 2. The molecular weight excluding hydrogens is 358 g/mol. The van der Waals surface area contributed by atoms with E-state index in [1.165, 1.54) is 6.33 Å². The molecule has 0 bridgehead atoms. The molecule has 0 fully saturated rings. The number of nitrogens with one attached hydrogen (secondary N) is 2. The van der Waals surface area contributed by atoms with Crippen LogP contribution in [0.4, 0.5) is 5.82 Å². The van der Waals surface area contributed by atoms with E-state index in [-0.39, 0.29) is 0 Å². The van der Waals surface area contributed by atoms with Crippen molar-refractivity contribution in [2.75, 3.05) is 26.8 Å². The van der Waals surface area contributed by atoms with Gasteiger partial charge in [-0.2, -0.15) is 5.10 Å². The molecule has 0 radical (unpaired) electrons. The van der Waals surface area contributed by atoms with Crippen LogP contribution in [0.25, 0.3) is 21.9 Å². The summed E-state index contributed by atoms with van der Waals surface area (Å²) in [5, 5.41) is 5.26. The third kappa shape index (κ3) is 3.05. The molecule has 0 aliphatic heterocycles. The predicted molar refractivity (Wildman–Crippen MR) is 109 cm³/mol. The first-order valence-electron chi connectivity index (χ1n) is 8.55. The molecule has 2 N–H and O–H groups in total. The molecule has 2 heterocycles. The fraction of sp³-hybridized carbons (Fsp3) is 0.150. The normalized spacial score (nSPS) is 11.2. The molecule has 0 saturated carbocycles. The lowest BCUT2D eigenvalue weighted by atomic mass is 10.2. The number of rotatable bonds is 6. The van der Waals surface area contributed by atoms with Crippen molar-refractivity contribution in [3.8, 4) is 17.2 Å². The number of H-pyrrole nitrogens is 1. The number of ether oxygens (including phenoxy) is 3. The van der Waals surface area contributed by atoms with Crippen LogP contribution in [0, 0.1) is 0 Å². The van der Waals surface area contributed by atoms with Crippen molar-refractivity contribution >= 4 is 34.0 Å². The minimum atomic E-state index is 0.568. The van der Waals surface area contributed by atoms with Crippen molar-refractivity contribution in [2.24, 2.45) is 5.10 Å². The standard InChI is InChI=1S/C20H19N5O3/c1-26-13-7-8-15-14(9-13)17-18(24-15)20(22-11-21-17)25-23-10-12-5-4-6-16(27-2)19(12)28-3/h4-11,24H,1-3H3,(H,21,22,25). The Balaban J connectivity index is 1.68. The van der Waals surface area contributed by atoms with Gasteiger partial charge in [-0.15, -0.1) is 0 Å². The number of para-hydroxylation sites is 1. The van der Waals surface area contributed by atoms with Gasteiger partial charge in [0.2, 0.25) is 0 Å². The first-order chi connectivity index (χ1) is 13.7. The SMILES string of the molecule is COc1ccc2[nH]c3c(NN=Cc4cccc(OC)c4OC)ncnc3c2c1. The summed E-state index contributed by atoms with van der Waals surface area (Å²) in [4.78, 5) is 12.0. The molecule has 2 aromatic carbocycles. The van der Waals surface area contributed by atoms with Crippen LogP contribution in [0.5, 0.6) is 17.2 Å². The maximum absolute atomic E-state index is 5.41. The highest BCUT2D eigenvalue weighted by Crippen LogP contribution is 2.31. The molecule has 8 heteroatoms. The fourth-order valence-electron chi connectivity index (χ4n) is 3.06. The molecule has 2 aromatic heterocycles. The number of aromatic nitrogens is 3. The third-order valence-electron chi connectivity index (χ3n) is 4.40. The smallest absolute Gasteiger partial charge is 0.174 e. The average Bonchev–Trinajstić information content (AvgIpc) is 3.12. The minimum absolute atomic E-state index is 0.568. The molecule has 0 atom stereocenters. The lowest BCUT2D eigenvalue weighted by Crippen LogP contribution is -1.98. The molecule has 0 saturated heterocycles. The fourth-order valence-corrected chi connectivity index (χ4v) is 3.06. The van der Waals surface area contributed by atoms with E-state index < -0.39 is 0 Å². The van der Waals surface area contributed by atoms with E-state index >= 15 is 0 Å². The quantitative estimate of drug-likeness (QED) is 0.394. The van der Waals surface area contributed by atoms with Crippen LogP contribution < -0.4 is 19.6 Å². The van der Waals surface area contributed by atoms with Gasteiger partial charge in [0.1, 0.15) is 23.1 Å². The van der Waals surface area contributed by atoms with Gasteiger partial charge in [-0.3, -0.25) is 5.43 Å². The summed E-state index contributed by atoms with van der Waals surface area (Å²) < 4.78 is 16.0. The summed E-state index contributed by atoms with van der Waals surface area (Å²) in [5.74, 6) is 2.59. The second-order valence-electron chi connectivity index (χ2n) is 5.94. The van der Waals surface area contributed by atoms with Crippen molar-refractivity contribution in [1.29, 1.82) is 0 Å². The van der Waals surface area contributed by atoms with Crippen molar-refractivity contribution in [2.45, 2.75) is 0 Å². The molecular formula is C20H19N5O3. The van der Waals surface area contributed by atoms with Crippen molar-refractivity contribution < 1.29 is 14.2 Å². The molecule has 4 aromatic rings. The van der Waals surface area contributed by atoms with Gasteiger partial charge in [-0.25, -0.2) is 9.97 Å². The summed E-state index contributed by atoms with van der Waals surface area (Å²) in [7, 11) is 4.83. The monoisotopic (exact) mass is 377 g/mol. The summed E-state index contributed by atoms with van der Waals surface area (Å²) >= 11 is 0. The van der Waals surface area contributed by atoms with E-state index in [9.17, 15) is 0 Å². The van der Waals surface area contributed by atoms with Gasteiger partial charge in [-0.1, -0.05) is 6.07 Å². The molecule has 0 amide bonds. The Labute approximate surface area is 161 Å². The van der Waals surface area contributed by atoms with Gasteiger partial charge in [-0.05, 0) is 30.3 Å². The van der Waals surface area contributed by atoms with E-state index in [0.717, 1.165) is 33.2 Å². The molecule has 142 valence electrons. The van der Waals surface area contributed by atoms with Gasteiger partial charge in [0.15, 0.2) is 17.3 Å². The Hall–Kier alpha value is -3.81. The highest BCUT2D eigenvalue weighted by Gasteiger charge is 2.11. The van der Waals surface area contributed by atoms with Crippen LogP contribution >= 0.6 is 0 Å². The van der Waals surface area contributed by atoms with Gasteiger partial charge in [0, 0.05) is 16.5 Å². The van der Waals surface area contributed by atoms with Crippen LogP contribution in [0.1, 0.15) is 5.56 Å². The zero-order valence-electron chi connectivity index (χ0n) is 15.7. The van der Waals surface area contributed by atoms with Gasteiger partial charge in [0.05, 0.1) is 27.5 Å². The van der Waals surface area contributed by atoms with E-state index in [2.05, 4.69) is 25.5 Å². The molecule has 0 unspecified atom stereocenters. The topological polar surface area (TPSA) is 93.7 Å². The highest BCUT2D eigenvalue weighted by molar-refractivity contribution is 6.08. The molecule has 0 spiro atoms. The van der Waals surface area contributed by atoms with Crippen LogP contribution in [0.15, 0.2) is 47.8 Å². The van der Waals surface area contributed by atoms with E-state index in [1.807, 2.05) is 36.4 Å². The summed E-state index contributed by atoms with van der Waals surface area (Å²) in [6.45, 7) is 0. The Morgan fingerprint density at radius 1 is 1.04 bits per heavy atom. The molecule has 8 nitrogen and oxygen atoms in total. The second kappa shape index (κ2) is 7.43. The number of methoxy groups -OCH3 is 3. The van der Waals surface area contributed by atoms with Crippen molar-refractivity contribution in [3.05, 3.63) is 48.3 Å². The maximum Gasteiger partial charge on any atom is 0.174 e. The second-order valence-corrected chi connectivity index (χ2v) is 5.94. The number of hydrogen-bond acceptors (Lipinski definition) is 7. The number of hydrogen-bond donors (Lipinski definition) is 2. The van der Waals surface area contributed by atoms with Crippen molar-refractivity contribution in [1.82, 2.24) is 15.0 Å². The number of anilines is 1. The molecule has 28 heavy (non-hydrogen) atoms. The Morgan fingerprint density at radius 2 is 1.93 bits per heavy atom.